The maximum atomic E-state index is 6.13. The van der Waals surface area contributed by atoms with Crippen molar-refractivity contribution in [1.82, 2.24) is 9.97 Å². The molecule has 0 saturated heterocycles. The van der Waals surface area contributed by atoms with E-state index in [1.807, 2.05) is 24.4 Å². The van der Waals surface area contributed by atoms with E-state index in [9.17, 15) is 0 Å². The van der Waals surface area contributed by atoms with Crippen LogP contribution in [0.4, 0.5) is 0 Å². The number of methoxy groups -OCH3 is 1. The highest BCUT2D eigenvalue weighted by molar-refractivity contribution is 9.10. The molecule has 1 fully saturated rings. The third-order valence-corrected chi connectivity index (χ3v) is 3.78. The van der Waals surface area contributed by atoms with Gasteiger partial charge in [-0.25, -0.2) is 4.98 Å². The number of hydrogen-bond acceptors (Lipinski definition) is 3. The fourth-order valence-corrected chi connectivity index (χ4v) is 2.33. The molecule has 0 radical (unpaired) electrons. The third kappa shape index (κ3) is 1.93. The van der Waals surface area contributed by atoms with Crippen LogP contribution in [0.2, 0.25) is 0 Å². The van der Waals surface area contributed by atoms with Gasteiger partial charge < -0.3 is 15.5 Å². The lowest BCUT2D eigenvalue weighted by atomic mass is 10.1. The molecule has 0 amide bonds. The van der Waals surface area contributed by atoms with Gasteiger partial charge in [0.25, 0.3) is 0 Å². The molecule has 5 heteroatoms. The molecule has 1 saturated carbocycles. The smallest absolute Gasteiger partial charge is 0.128 e. The van der Waals surface area contributed by atoms with Crippen LogP contribution in [0.25, 0.3) is 11.3 Å². The summed E-state index contributed by atoms with van der Waals surface area (Å²) < 4.78 is 6.37. The Balaban J connectivity index is 2.04. The number of aromatic amines is 1. The molecular weight excluding hydrogens is 294 g/mol. The summed E-state index contributed by atoms with van der Waals surface area (Å²) in [5, 5.41) is 0. The van der Waals surface area contributed by atoms with Crippen LogP contribution in [0.15, 0.2) is 28.9 Å². The first-order valence-corrected chi connectivity index (χ1v) is 6.60. The van der Waals surface area contributed by atoms with Crippen LogP contribution in [0.5, 0.6) is 5.75 Å². The van der Waals surface area contributed by atoms with Gasteiger partial charge in [-0.1, -0.05) is 15.9 Å². The summed E-state index contributed by atoms with van der Waals surface area (Å²) in [6.45, 7) is 0. The highest BCUT2D eigenvalue weighted by Crippen LogP contribution is 2.42. The van der Waals surface area contributed by atoms with Crippen LogP contribution >= 0.6 is 15.9 Å². The van der Waals surface area contributed by atoms with Crippen molar-refractivity contribution >= 4 is 15.9 Å². The molecular formula is C13H14BrN3O. The molecule has 1 heterocycles. The molecule has 4 nitrogen and oxygen atoms in total. The van der Waals surface area contributed by atoms with Gasteiger partial charge in [0, 0.05) is 10.0 Å². The number of aromatic nitrogens is 2. The maximum absolute atomic E-state index is 6.13. The number of hydrogen-bond donors (Lipinski definition) is 2. The summed E-state index contributed by atoms with van der Waals surface area (Å²) in [4.78, 5) is 7.68. The Hall–Kier alpha value is -1.33. The molecule has 0 aliphatic heterocycles. The lowest BCUT2D eigenvalue weighted by Gasteiger charge is -2.07. The number of nitrogens with two attached hydrogens (primary N) is 1. The van der Waals surface area contributed by atoms with E-state index in [2.05, 4.69) is 25.9 Å². The van der Waals surface area contributed by atoms with Crippen molar-refractivity contribution < 1.29 is 4.74 Å². The Morgan fingerprint density at radius 2 is 2.22 bits per heavy atom. The normalized spacial score (nSPS) is 16.6. The fourth-order valence-electron chi connectivity index (χ4n) is 1.97. The lowest BCUT2D eigenvalue weighted by molar-refractivity contribution is 0.416. The minimum Gasteiger partial charge on any atom is -0.496 e. The van der Waals surface area contributed by atoms with Crippen LogP contribution in [0.3, 0.4) is 0 Å². The molecule has 18 heavy (non-hydrogen) atoms. The summed E-state index contributed by atoms with van der Waals surface area (Å²) in [6.07, 6.45) is 3.80. The number of benzene rings is 1. The predicted molar refractivity (Wildman–Crippen MR) is 73.4 cm³/mol. The fraction of sp³-hybridized carbons (Fsp3) is 0.308. The van der Waals surface area contributed by atoms with Crippen LogP contribution in [-0.2, 0) is 5.54 Å². The summed E-state index contributed by atoms with van der Waals surface area (Å²) in [5.41, 5.74) is 7.80. The molecule has 0 unspecified atom stereocenters. The number of H-pyrrole nitrogens is 1. The topological polar surface area (TPSA) is 63.9 Å². The van der Waals surface area contributed by atoms with Gasteiger partial charge >= 0.3 is 0 Å². The van der Waals surface area contributed by atoms with Crippen molar-refractivity contribution in [3.8, 4) is 17.0 Å². The standard InChI is InChI=1S/C13H14BrN3O/c1-18-11-3-2-8(14)6-9(11)10-7-16-12(17-10)13(15)4-5-13/h2-3,6-7H,4-5,15H2,1H3,(H,16,17). The van der Waals surface area contributed by atoms with E-state index in [-0.39, 0.29) is 5.54 Å². The summed E-state index contributed by atoms with van der Waals surface area (Å²) in [7, 11) is 1.66. The molecule has 1 aliphatic rings. The zero-order chi connectivity index (χ0) is 12.8. The second kappa shape index (κ2) is 4.10. The van der Waals surface area contributed by atoms with E-state index in [4.69, 9.17) is 10.5 Å². The minimum absolute atomic E-state index is 0.239. The highest BCUT2D eigenvalue weighted by atomic mass is 79.9. The number of imidazole rings is 1. The highest BCUT2D eigenvalue weighted by Gasteiger charge is 2.42. The van der Waals surface area contributed by atoms with Crippen molar-refractivity contribution in [2.45, 2.75) is 18.4 Å². The van der Waals surface area contributed by atoms with E-state index >= 15 is 0 Å². The van der Waals surface area contributed by atoms with E-state index < -0.39 is 0 Å². The molecule has 3 rings (SSSR count). The number of rotatable bonds is 3. The molecule has 2 aromatic rings. The van der Waals surface area contributed by atoms with E-state index in [1.165, 1.54) is 0 Å². The number of nitrogens with zero attached hydrogens (tertiary/aromatic N) is 1. The van der Waals surface area contributed by atoms with Crippen LogP contribution < -0.4 is 10.5 Å². The number of nitrogens with one attached hydrogen (secondary N) is 1. The Morgan fingerprint density at radius 1 is 1.44 bits per heavy atom. The molecule has 1 aromatic carbocycles. The third-order valence-electron chi connectivity index (χ3n) is 3.29. The van der Waals surface area contributed by atoms with Crippen LogP contribution in [0, 0.1) is 0 Å². The Bertz CT molecular complexity index is 590. The zero-order valence-corrected chi connectivity index (χ0v) is 11.6. The van der Waals surface area contributed by atoms with Crippen molar-refractivity contribution in [3.63, 3.8) is 0 Å². The molecule has 3 N–H and O–H groups in total. The predicted octanol–water partition coefficient (Wildman–Crippen LogP) is 2.80. The summed E-state index contributed by atoms with van der Waals surface area (Å²) in [6, 6.07) is 5.88. The molecule has 1 aromatic heterocycles. The van der Waals surface area contributed by atoms with E-state index in [1.54, 1.807) is 7.11 Å². The van der Waals surface area contributed by atoms with Gasteiger partial charge in [-0.3, -0.25) is 0 Å². The monoisotopic (exact) mass is 307 g/mol. The minimum atomic E-state index is -0.239. The average Bonchev–Trinajstić information content (AvgIpc) is 2.94. The van der Waals surface area contributed by atoms with Gasteiger partial charge in [0.15, 0.2) is 0 Å². The van der Waals surface area contributed by atoms with Crippen molar-refractivity contribution in [2.24, 2.45) is 5.73 Å². The summed E-state index contributed by atoms with van der Waals surface area (Å²) >= 11 is 3.47. The van der Waals surface area contributed by atoms with Gasteiger partial charge in [0.1, 0.15) is 11.6 Å². The van der Waals surface area contributed by atoms with Crippen LogP contribution in [-0.4, -0.2) is 17.1 Å². The molecule has 0 atom stereocenters. The van der Waals surface area contributed by atoms with Gasteiger partial charge in [0.2, 0.25) is 0 Å². The van der Waals surface area contributed by atoms with Crippen LogP contribution in [0.1, 0.15) is 18.7 Å². The van der Waals surface area contributed by atoms with Crippen molar-refractivity contribution in [1.29, 1.82) is 0 Å². The second-order valence-electron chi connectivity index (χ2n) is 4.65. The molecule has 0 spiro atoms. The Kier molecular flexibility index (Phi) is 2.68. The number of halogens is 1. The lowest BCUT2D eigenvalue weighted by Crippen LogP contribution is -2.20. The summed E-state index contributed by atoms with van der Waals surface area (Å²) in [5.74, 6) is 1.68. The largest absolute Gasteiger partial charge is 0.496 e. The van der Waals surface area contributed by atoms with Gasteiger partial charge in [-0.05, 0) is 31.0 Å². The molecule has 0 bridgehead atoms. The average molecular weight is 308 g/mol. The molecule has 1 aliphatic carbocycles. The van der Waals surface area contributed by atoms with Gasteiger partial charge in [0.05, 0.1) is 24.5 Å². The zero-order valence-electron chi connectivity index (χ0n) is 10.0. The second-order valence-corrected chi connectivity index (χ2v) is 5.56. The first-order valence-electron chi connectivity index (χ1n) is 5.81. The van der Waals surface area contributed by atoms with Gasteiger partial charge in [-0.2, -0.15) is 0 Å². The van der Waals surface area contributed by atoms with E-state index in [0.29, 0.717) is 0 Å². The van der Waals surface area contributed by atoms with Crippen molar-refractivity contribution in [2.75, 3.05) is 7.11 Å². The first kappa shape index (κ1) is 11.7. The van der Waals surface area contributed by atoms with Crippen molar-refractivity contribution in [3.05, 3.63) is 34.7 Å². The van der Waals surface area contributed by atoms with Gasteiger partial charge in [-0.15, -0.1) is 0 Å². The first-order chi connectivity index (χ1) is 8.62. The maximum Gasteiger partial charge on any atom is 0.128 e. The Morgan fingerprint density at radius 3 is 2.89 bits per heavy atom. The van der Waals surface area contributed by atoms with E-state index in [0.717, 1.165) is 40.1 Å². The SMILES string of the molecule is COc1ccc(Br)cc1-c1cnc(C2(N)CC2)[nH]1. The molecule has 94 valence electrons. The Labute approximate surface area is 114 Å². The quantitative estimate of drug-likeness (QED) is 0.916. The number of ether oxygens (including phenoxy) is 1.